The molecule has 1 saturated carbocycles. The molecule has 1 aliphatic carbocycles. The molecular weight excluding hydrogens is 214 g/mol. The molecule has 2 rings (SSSR count). The molecule has 0 saturated heterocycles. The van der Waals surface area contributed by atoms with Crippen molar-refractivity contribution in [2.75, 3.05) is 18.5 Å². The Hall–Kier alpha value is -1.16. The van der Waals surface area contributed by atoms with Gasteiger partial charge in [-0.3, -0.25) is 0 Å². The van der Waals surface area contributed by atoms with Crippen molar-refractivity contribution >= 4 is 5.95 Å². The SMILES string of the molecule is OCCCNc1ncc(C2CCCCC2)cn1. The van der Waals surface area contributed by atoms with E-state index >= 15 is 0 Å². The van der Waals surface area contributed by atoms with E-state index in [0.717, 1.165) is 13.0 Å². The predicted octanol–water partition coefficient (Wildman–Crippen LogP) is 2.32. The normalized spacial score (nSPS) is 17.0. The van der Waals surface area contributed by atoms with Crippen molar-refractivity contribution in [1.29, 1.82) is 0 Å². The number of aliphatic hydroxyl groups is 1. The van der Waals surface area contributed by atoms with E-state index in [4.69, 9.17) is 5.11 Å². The summed E-state index contributed by atoms with van der Waals surface area (Å²) >= 11 is 0. The molecule has 1 aromatic heterocycles. The van der Waals surface area contributed by atoms with E-state index in [1.165, 1.54) is 37.7 Å². The van der Waals surface area contributed by atoms with Gasteiger partial charge in [0.1, 0.15) is 0 Å². The topological polar surface area (TPSA) is 58.0 Å². The molecule has 0 unspecified atom stereocenters. The van der Waals surface area contributed by atoms with Crippen LogP contribution in [-0.2, 0) is 0 Å². The Balaban J connectivity index is 1.88. The summed E-state index contributed by atoms with van der Waals surface area (Å²) < 4.78 is 0. The highest BCUT2D eigenvalue weighted by molar-refractivity contribution is 5.25. The van der Waals surface area contributed by atoms with Gasteiger partial charge in [-0.05, 0) is 30.7 Å². The lowest BCUT2D eigenvalue weighted by atomic mass is 9.85. The second-order valence-corrected chi connectivity index (χ2v) is 4.68. The van der Waals surface area contributed by atoms with Crippen molar-refractivity contribution < 1.29 is 5.11 Å². The summed E-state index contributed by atoms with van der Waals surface area (Å²) in [5.41, 5.74) is 1.28. The zero-order valence-corrected chi connectivity index (χ0v) is 10.2. The molecule has 94 valence electrons. The first-order valence-corrected chi connectivity index (χ1v) is 6.57. The highest BCUT2D eigenvalue weighted by Crippen LogP contribution is 2.31. The second kappa shape index (κ2) is 6.55. The van der Waals surface area contributed by atoms with E-state index in [9.17, 15) is 0 Å². The number of nitrogens with one attached hydrogen (secondary N) is 1. The van der Waals surface area contributed by atoms with Crippen molar-refractivity contribution in [3.05, 3.63) is 18.0 Å². The molecule has 1 aliphatic rings. The van der Waals surface area contributed by atoms with Crippen LogP contribution < -0.4 is 5.32 Å². The van der Waals surface area contributed by atoms with E-state index in [1.807, 2.05) is 12.4 Å². The van der Waals surface area contributed by atoms with Gasteiger partial charge in [-0.2, -0.15) is 0 Å². The molecule has 0 atom stereocenters. The molecule has 0 aliphatic heterocycles. The molecule has 1 heterocycles. The first-order valence-electron chi connectivity index (χ1n) is 6.57. The van der Waals surface area contributed by atoms with Gasteiger partial charge in [0.25, 0.3) is 0 Å². The summed E-state index contributed by atoms with van der Waals surface area (Å²) in [5, 5.41) is 11.8. The number of hydrogen-bond donors (Lipinski definition) is 2. The Morgan fingerprint density at radius 2 is 1.88 bits per heavy atom. The third-order valence-corrected chi connectivity index (χ3v) is 3.37. The Labute approximate surface area is 102 Å². The second-order valence-electron chi connectivity index (χ2n) is 4.68. The van der Waals surface area contributed by atoms with Crippen LogP contribution in [0.2, 0.25) is 0 Å². The average molecular weight is 235 g/mol. The van der Waals surface area contributed by atoms with Gasteiger partial charge >= 0.3 is 0 Å². The van der Waals surface area contributed by atoms with Gasteiger partial charge in [0.15, 0.2) is 0 Å². The Kier molecular flexibility index (Phi) is 4.74. The molecule has 0 bridgehead atoms. The summed E-state index contributed by atoms with van der Waals surface area (Å²) in [6.45, 7) is 0.923. The average Bonchev–Trinajstić information content (AvgIpc) is 2.41. The third-order valence-electron chi connectivity index (χ3n) is 3.37. The fraction of sp³-hybridized carbons (Fsp3) is 0.692. The van der Waals surface area contributed by atoms with Gasteiger partial charge < -0.3 is 10.4 Å². The van der Waals surface area contributed by atoms with Crippen LogP contribution >= 0.6 is 0 Å². The maximum Gasteiger partial charge on any atom is 0.222 e. The number of nitrogens with zero attached hydrogens (tertiary/aromatic N) is 2. The predicted molar refractivity (Wildman–Crippen MR) is 68.1 cm³/mol. The summed E-state index contributed by atoms with van der Waals surface area (Å²) in [5.74, 6) is 1.33. The van der Waals surface area contributed by atoms with E-state index < -0.39 is 0 Å². The maximum absolute atomic E-state index is 8.68. The van der Waals surface area contributed by atoms with Crippen molar-refractivity contribution in [3.8, 4) is 0 Å². The van der Waals surface area contributed by atoms with Crippen LogP contribution in [0.25, 0.3) is 0 Å². The summed E-state index contributed by atoms with van der Waals surface area (Å²) in [4.78, 5) is 8.64. The van der Waals surface area contributed by atoms with Crippen LogP contribution in [0.1, 0.15) is 50.0 Å². The first kappa shape index (κ1) is 12.3. The van der Waals surface area contributed by atoms with Gasteiger partial charge in [0.2, 0.25) is 5.95 Å². The zero-order chi connectivity index (χ0) is 11.9. The lowest BCUT2D eigenvalue weighted by Gasteiger charge is -2.21. The molecule has 0 aromatic carbocycles. The lowest BCUT2D eigenvalue weighted by molar-refractivity contribution is 0.292. The molecule has 4 heteroatoms. The van der Waals surface area contributed by atoms with Crippen molar-refractivity contribution in [1.82, 2.24) is 9.97 Å². The van der Waals surface area contributed by atoms with Gasteiger partial charge in [-0.1, -0.05) is 19.3 Å². The number of aromatic nitrogens is 2. The van der Waals surface area contributed by atoms with E-state index in [0.29, 0.717) is 11.9 Å². The highest BCUT2D eigenvalue weighted by atomic mass is 16.3. The van der Waals surface area contributed by atoms with Crippen LogP contribution in [0, 0.1) is 0 Å². The fourth-order valence-electron chi connectivity index (χ4n) is 2.36. The van der Waals surface area contributed by atoms with Crippen LogP contribution in [0.15, 0.2) is 12.4 Å². The summed E-state index contributed by atoms with van der Waals surface area (Å²) in [7, 11) is 0. The zero-order valence-electron chi connectivity index (χ0n) is 10.2. The third kappa shape index (κ3) is 3.66. The van der Waals surface area contributed by atoms with Gasteiger partial charge in [0, 0.05) is 25.5 Å². The molecule has 2 N–H and O–H groups in total. The molecule has 4 nitrogen and oxygen atoms in total. The van der Waals surface area contributed by atoms with Gasteiger partial charge in [-0.15, -0.1) is 0 Å². The van der Waals surface area contributed by atoms with Crippen molar-refractivity contribution in [2.45, 2.75) is 44.4 Å². The largest absolute Gasteiger partial charge is 0.396 e. The molecule has 0 amide bonds. The smallest absolute Gasteiger partial charge is 0.222 e. The first-order chi connectivity index (χ1) is 8.40. The van der Waals surface area contributed by atoms with E-state index in [-0.39, 0.29) is 6.61 Å². The summed E-state index contributed by atoms with van der Waals surface area (Å²) in [6.07, 6.45) is 11.2. The molecule has 0 radical (unpaired) electrons. The van der Waals surface area contributed by atoms with Gasteiger partial charge in [-0.25, -0.2) is 9.97 Å². The lowest BCUT2D eigenvalue weighted by Crippen LogP contribution is -2.09. The quantitative estimate of drug-likeness (QED) is 0.769. The standard InChI is InChI=1S/C13H21N3O/c17-8-4-7-14-13-15-9-12(10-16-13)11-5-2-1-3-6-11/h9-11,17H,1-8H2,(H,14,15,16). The van der Waals surface area contributed by atoms with Gasteiger partial charge in [0.05, 0.1) is 0 Å². The molecule has 0 spiro atoms. The summed E-state index contributed by atoms with van der Waals surface area (Å²) in [6, 6.07) is 0. The Bertz CT molecular complexity index is 320. The highest BCUT2D eigenvalue weighted by Gasteiger charge is 2.15. The monoisotopic (exact) mass is 235 g/mol. The van der Waals surface area contributed by atoms with Crippen LogP contribution in [0.5, 0.6) is 0 Å². The Morgan fingerprint density at radius 3 is 2.53 bits per heavy atom. The number of hydrogen-bond acceptors (Lipinski definition) is 4. The van der Waals surface area contributed by atoms with E-state index in [2.05, 4.69) is 15.3 Å². The number of aliphatic hydroxyl groups excluding tert-OH is 1. The number of rotatable bonds is 5. The van der Waals surface area contributed by atoms with Crippen LogP contribution in [0.3, 0.4) is 0 Å². The molecular formula is C13H21N3O. The minimum Gasteiger partial charge on any atom is -0.396 e. The molecule has 1 aromatic rings. The van der Waals surface area contributed by atoms with Crippen molar-refractivity contribution in [3.63, 3.8) is 0 Å². The van der Waals surface area contributed by atoms with Crippen LogP contribution in [-0.4, -0.2) is 28.2 Å². The van der Waals surface area contributed by atoms with E-state index in [1.54, 1.807) is 0 Å². The molecule has 1 fully saturated rings. The number of anilines is 1. The minimum atomic E-state index is 0.202. The maximum atomic E-state index is 8.68. The Morgan fingerprint density at radius 1 is 1.18 bits per heavy atom. The minimum absolute atomic E-state index is 0.202. The van der Waals surface area contributed by atoms with Crippen LogP contribution in [0.4, 0.5) is 5.95 Å². The van der Waals surface area contributed by atoms with Crippen molar-refractivity contribution in [2.24, 2.45) is 0 Å². The molecule has 17 heavy (non-hydrogen) atoms. The fourth-order valence-corrected chi connectivity index (χ4v) is 2.36.